The number of nitrogens with zero attached hydrogens (tertiary/aromatic N) is 3. The predicted octanol–water partition coefficient (Wildman–Crippen LogP) is 2.24. The van der Waals surface area contributed by atoms with Gasteiger partial charge in [0.05, 0.1) is 0 Å². The molecule has 0 aliphatic carbocycles. The van der Waals surface area contributed by atoms with E-state index in [2.05, 4.69) is 28.7 Å². The highest BCUT2D eigenvalue weighted by Gasteiger charge is 2.20. The van der Waals surface area contributed by atoms with E-state index in [1.54, 1.807) is 0 Å². The number of nitrogens with two attached hydrogens (primary N) is 1. The second-order valence-electron chi connectivity index (χ2n) is 6.00. The molecule has 1 fully saturated rings. The lowest BCUT2D eigenvalue weighted by molar-refractivity contribution is 0.383. The Labute approximate surface area is 116 Å². The maximum absolute atomic E-state index is 5.62. The Hall–Kier alpha value is -1.16. The van der Waals surface area contributed by atoms with Crippen LogP contribution in [0.15, 0.2) is 12.4 Å². The van der Waals surface area contributed by atoms with Crippen LogP contribution in [0.3, 0.4) is 0 Å². The molecule has 19 heavy (non-hydrogen) atoms. The second kappa shape index (κ2) is 6.85. The Balaban J connectivity index is 1.89. The van der Waals surface area contributed by atoms with Crippen LogP contribution in [0.1, 0.15) is 38.7 Å². The monoisotopic (exact) mass is 262 g/mol. The molecule has 1 aromatic heterocycles. The van der Waals surface area contributed by atoms with Crippen molar-refractivity contribution in [1.29, 1.82) is 0 Å². The van der Waals surface area contributed by atoms with Crippen molar-refractivity contribution in [3.05, 3.63) is 18.0 Å². The van der Waals surface area contributed by atoms with Gasteiger partial charge in [0.2, 0.25) is 5.95 Å². The fourth-order valence-electron chi connectivity index (χ4n) is 2.75. The van der Waals surface area contributed by atoms with E-state index < -0.39 is 0 Å². The van der Waals surface area contributed by atoms with Gasteiger partial charge in [-0.3, -0.25) is 0 Å². The minimum atomic E-state index is 0.654. The molecule has 0 saturated carbocycles. The zero-order valence-electron chi connectivity index (χ0n) is 12.2. The van der Waals surface area contributed by atoms with Crippen LogP contribution < -0.4 is 10.6 Å². The Morgan fingerprint density at radius 1 is 1.26 bits per heavy atom. The van der Waals surface area contributed by atoms with Crippen molar-refractivity contribution in [2.75, 3.05) is 24.5 Å². The van der Waals surface area contributed by atoms with Crippen LogP contribution in [-0.4, -0.2) is 29.6 Å². The standard InChI is InChI=1S/C15H26N4/c1-12(2)9-14-10-17-15(18-11-14)19-7-4-13(3-6-16)5-8-19/h10-13H,3-9,16H2,1-2H3. The van der Waals surface area contributed by atoms with Crippen molar-refractivity contribution in [3.8, 4) is 0 Å². The molecule has 4 nitrogen and oxygen atoms in total. The quantitative estimate of drug-likeness (QED) is 0.884. The number of aromatic nitrogens is 2. The summed E-state index contributed by atoms with van der Waals surface area (Å²) in [5.41, 5.74) is 6.86. The lowest BCUT2D eigenvalue weighted by Crippen LogP contribution is -2.35. The number of piperidine rings is 1. The largest absolute Gasteiger partial charge is 0.341 e. The van der Waals surface area contributed by atoms with Crippen molar-refractivity contribution in [3.63, 3.8) is 0 Å². The molecular weight excluding hydrogens is 236 g/mol. The lowest BCUT2D eigenvalue weighted by atomic mass is 9.94. The average molecular weight is 262 g/mol. The van der Waals surface area contributed by atoms with Crippen molar-refractivity contribution in [2.24, 2.45) is 17.6 Å². The minimum absolute atomic E-state index is 0.654. The number of rotatable bonds is 5. The van der Waals surface area contributed by atoms with E-state index >= 15 is 0 Å². The zero-order valence-corrected chi connectivity index (χ0v) is 12.2. The summed E-state index contributed by atoms with van der Waals surface area (Å²) in [6, 6.07) is 0. The number of hydrogen-bond acceptors (Lipinski definition) is 4. The van der Waals surface area contributed by atoms with Crippen LogP contribution in [0, 0.1) is 11.8 Å². The highest BCUT2D eigenvalue weighted by Crippen LogP contribution is 2.22. The third-order valence-electron chi connectivity index (χ3n) is 3.81. The topological polar surface area (TPSA) is 55.0 Å². The summed E-state index contributed by atoms with van der Waals surface area (Å²) >= 11 is 0. The van der Waals surface area contributed by atoms with Gasteiger partial charge >= 0.3 is 0 Å². The predicted molar refractivity (Wildman–Crippen MR) is 79.2 cm³/mol. The molecular formula is C15H26N4. The molecule has 1 aromatic rings. The van der Waals surface area contributed by atoms with Crippen molar-refractivity contribution >= 4 is 5.95 Å². The molecule has 0 aromatic carbocycles. The summed E-state index contributed by atoms with van der Waals surface area (Å²) in [7, 11) is 0. The maximum atomic E-state index is 5.62. The lowest BCUT2D eigenvalue weighted by Gasteiger charge is -2.31. The smallest absolute Gasteiger partial charge is 0.225 e. The molecule has 0 bridgehead atoms. The van der Waals surface area contributed by atoms with Gasteiger partial charge in [-0.2, -0.15) is 0 Å². The van der Waals surface area contributed by atoms with E-state index in [0.717, 1.165) is 44.3 Å². The third-order valence-corrected chi connectivity index (χ3v) is 3.81. The number of anilines is 1. The molecule has 0 atom stereocenters. The van der Waals surface area contributed by atoms with Gasteiger partial charge in [0.25, 0.3) is 0 Å². The van der Waals surface area contributed by atoms with Gasteiger partial charge < -0.3 is 10.6 Å². The first-order valence-corrected chi connectivity index (χ1v) is 7.45. The summed E-state index contributed by atoms with van der Waals surface area (Å²) < 4.78 is 0. The highest BCUT2D eigenvalue weighted by molar-refractivity contribution is 5.30. The first-order valence-electron chi connectivity index (χ1n) is 7.45. The van der Waals surface area contributed by atoms with E-state index in [1.165, 1.54) is 18.4 Å². The van der Waals surface area contributed by atoms with Gasteiger partial charge in [-0.25, -0.2) is 9.97 Å². The second-order valence-corrected chi connectivity index (χ2v) is 6.00. The van der Waals surface area contributed by atoms with Gasteiger partial charge in [0.1, 0.15) is 0 Å². The Bertz CT molecular complexity index is 366. The molecule has 1 saturated heterocycles. The molecule has 0 unspecified atom stereocenters. The van der Waals surface area contributed by atoms with E-state index in [4.69, 9.17) is 5.73 Å². The van der Waals surface area contributed by atoms with Gasteiger partial charge in [0.15, 0.2) is 0 Å². The molecule has 0 amide bonds. The van der Waals surface area contributed by atoms with Crippen LogP contribution >= 0.6 is 0 Å². The minimum Gasteiger partial charge on any atom is -0.341 e. The molecule has 2 N–H and O–H groups in total. The van der Waals surface area contributed by atoms with Gasteiger partial charge in [0, 0.05) is 25.5 Å². The third kappa shape index (κ3) is 4.16. The average Bonchev–Trinajstić information content (AvgIpc) is 2.40. The summed E-state index contributed by atoms with van der Waals surface area (Å²) in [5.74, 6) is 2.33. The van der Waals surface area contributed by atoms with Gasteiger partial charge in [-0.05, 0) is 49.6 Å². The summed E-state index contributed by atoms with van der Waals surface area (Å²) in [5, 5.41) is 0. The van der Waals surface area contributed by atoms with Crippen molar-refractivity contribution in [1.82, 2.24) is 9.97 Å². The summed E-state index contributed by atoms with van der Waals surface area (Å²) in [6.45, 7) is 7.37. The molecule has 4 heteroatoms. The van der Waals surface area contributed by atoms with E-state index in [9.17, 15) is 0 Å². The molecule has 0 radical (unpaired) electrons. The SMILES string of the molecule is CC(C)Cc1cnc(N2CCC(CCN)CC2)nc1. The van der Waals surface area contributed by atoms with Gasteiger partial charge in [-0.1, -0.05) is 13.8 Å². The molecule has 2 heterocycles. The van der Waals surface area contributed by atoms with Crippen LogP contribution in [-0.2, 0) is 6.42 Å². The highest BCUT2D eigenvalue weighted by atomic mass is 15.2. The molecule has 2 rings (SSSR count). The van der Waals surface area contributed by atoms with Crippen LogP contribution in [0.5, 0.6) is 0 Å². The Morgan fingerprint density at radius 2 is 1.89 bits per heavy atom. The van der Waals surface area contributed by atoms with Crippen LogP contribution in [0.4, 0.5) is 5.95 Å². The van der Waals surface area contributed by atoms with Crippen molar-refractivity contribution < 1.29 is 0 Å². The maximum Gasteiger partial charge on any atom is 0.225 e. The Kier molecular flexibility index (Phi) is 5.14. The molecule has 106 valence electrons. The molecule has 0 spiro atoms. The van der Waals surface area contributed by atoms with E-state index in [1.807, 2.05) is 12.4 Å². The summed E-state index contributed by atoms with van der Waals surface area (Å²) in [6.07, 6.45) is 8.60. The summed E-state index contributed by atoms with van der Waals surface area (Å²) in [4.78, 5) is 11.3. The first kappa shape index (κ1) is 14.3. The van der Waals surface area contributed by atoms with Gasteiger partial charge in [-0.15, -0.1) is 0 Å². The number of hydrogen-bond donors (Lipinski definition) is 1. The normalized spacial score (nSPS) is 17.2. The fraction of sp³-hybridized carbons (Fsp3) is 0.733. The fourth-order valence-corrected chi connectivity index (χ4v) is 2.75. The Morgan fingerprint density at radius 3 is 2.42 bits per heavy atom. The van der Waals surface area contributed by atoms with Crippen LogP contribution in [0.2, 0.25) is 0 Å². The first-order chi connectivity index (χ1) is 9.19. The van der Waals surface area contributed by atoms with E-state index in [-0.39, 0.29) is 0 Å². The molecule has 1 aliphatic heterocycles. The van der Waals surface area contributed by atoms with E-state index in [0.29, 0.717) is 5.92 Å². The van der Waals surface area contributed by atoms with Crippen molar-refractivity contribution in [2.45, 2.75) is 39.5 Å². The zero-order chi connectivity index (χ0) is 13.7. The molecule has 1 aliphatic rings. The van der Waals surface area contributed by atoms with Crippen LogP contribution in [0.25, 0.3) is 0 Å².